The van der Waals surface area contributed by atoms with Crippen LogP contribution in [-0.4, -0.2) is 74.1 Å². The van der Waals surface area contributed by atoms with Gasteiger partial charge < -0.3 is 19.2 Å². The molecular formula is C41H85NO7P+. The van der Waals surface area contributed by atoms with Crippen molar-refractivity contribution in [3.63, 3.8) is 0 Å². The molecule has 0 fully saturated rings. The second kappa shape index (κ2) is 35.5. The molecule has 8 nitrogen and oxygen atoms in total. The summed E-state index contributed by atoms with van der Waals surface area (Å²) in [5.41, 5.74) is 0. The van der Waals surface area contributed by atoms with Crippen LogP contribution in [0.1, 0.15) is 206 Å². The number of nitrogens with zero attached hydrogens (tertiary/aromatic N) is 1. The van der Waals surface area contributed by atoms with Crippen LogP contribution in [0.4, 0.5) is 0 Å². The Balaban J connectivity index is 3.31. The first-order valence-electron chi connectivity index (χ1n) is 21.3. The van der Waals surface area contributed by atoms with Crippen LogP contribution in [0, 0.1) is 0 Å². The van der Waals surface area contributed by atoms with Crippen LogP contribution in [0.2, 0.25) is 0 Å². The van der Waals surface area contributed by atoms with Crippen LogP contribution in [-0.2, 0) is 23.1 Å². The topological polar surface area (TPSA) is 102 Å². The van der Waals surface area contributed by atoms with Gasteiger partial charge in [0.1, 0.15) is 25.9 Å². The molecule has 0 aromatic heterocycles. The summed E-state index contributed by atoms with van der Waals surface area (Å²) in [5, 5.41) is 9.91. The van der Waals surface area contributed by atoms with Gasteiger partial charge in [0.05, 0.1) is 27.7 Å². The number of esters is 1. The number of ether oxygens (including phenoxy) is 1. The average Bonchev–Trinajstić information content (AvgIpc) is 3.06. The molecule has 0 spiro atoms. The predicted molar refractivity (Wildman–Crippen MR) is 210 cm³/mol. The first-order chi connectivity index (χ1) is 24.1. The monoisotopic (exact) mass is 735 g/mol. The molecule has 0 rings (SSSR count). The predicted octanol–water partition coefficient (Wildman–Crippen LogP) is 11.8. The van der Waals surface area contributed by atoms with Crippen LogP contribution in [0.3, 0.4) is 0 Å². The molecule has 300 valence electrons. The van der Waals surface area contributed by atoms with Gasteiger partial charge in [-0.05, 0) is 6.42 Å². The maximum absolute atomic E-state index is 11.9. The zero-order valence-corrected chi connectivity index (χ0v) is 34.6. The van der Waals surface area contributed by atoms with Crippen LogP contribution < -0.4 is 0 Å². The lowest BCUT2D eigenvalue weighted by Crippen LogP contribution is -2.37. The molecule has 0 saturated carbocycles. The van der Waals surface area contributed by atoms with Gasteiger partial charge in [-0.2, -0.15) is 0 Å². The number of likely N-dealkylation sites (N-methyl/N-ethyl adjacent to an activating group) is 1. The minimum absolute atomic E-state index is 0.0576. The van der Waals surface area contributed by atoms with Crippen molar-refractivity contribution in [2.75, 3.05) is 47.5 Å². The molecule has 9 heteroatoms. The van der Waals surface area contributed by atoms with Crippen LogP contribution in [0.5, 0.6) is 0 Å². The number of hydrogen-bond donors (Lipinski definition) is 2. The summed E-state index contributed by atoms with van der Waals surface area (Å²) >= 11 is 0. The molecule has 0 amide bonds. The van der Waals surface area contributed by atoms with Crippen molar-refractivity contribution in [3.05, 3.63) is 0 Å². The Kier molecular flexibility index (Phi) is 35.2. The van der Waals surface area contributed by atoms with E-state index in [0.29, 0.717) is 17.4 Å². The normalized spacial score (nSPS) is 13.8. The van der Waals surface area contributed by atoms with Crippen LogP contribution in [0.25, 0.3) is 0 Å². The van der Waals surface area contributed by atoms with Gasteiger partial charge in [-0.1, -0.05) is 193 Å². The maximum Gasteiger partial charge on any atom is 0.472 e. The van der Waals surface area contributed by atoms with E-state index in [1.807, 2.05) is 21.1 Å². The highest BCUT2D eigenvalue weighted by Crippen LogP contribution is 2.43. The van der Waals surface area contributed by atoms with Crippen LogP contribution in [0.15, 0.2) is 0 Å². The minimum Gasteiger partial charge on any atom is -0.463 e. The molecule has 0 heterocycles. The number of aliphatic hydroxyl groups is 1. The standard InChI is InChI=1S/C41H84NO7P/c1-5-6-7-8-9-10-11-12-13-14-15-16-17-18-19-20-21-22-23-24-25-26-27-28-29-30-31-32-33-34-35-41(44)47-38-40(43)39-49-50(45,46)48-37-36-42(2,3)4/h40,43H,5-39H2,1-4H3/p+1. The average molecular weight is 735 g/mol. The van der Waals surface area contributed by atoms with E-state index in [0.717, 1.165) is 19.3 Å². The molecule has 0 bridgehead atoms. The SMILES string of the molecule is CCCCCCCCCCCCCCCCCCCCCCCCCCCCCCCCC(=O)OCC(O)COP(=O)(O)OCC[N+](C)(C)C. The van der Waals surface area contributed by atoms with E-state index in [1.165, 1.54) is 173 Å². The van der Waals surface area contributed by atoms with Gasteiger partial charge >= 0.3 is 13.8 Å². The molecule has 2 unspecified atom stereocenters. The van der Waals surface area contributed by atoms with E-state index in [-0.39, 0.29) is 19.2 Å². The summed E-state index contributed by atoms with van der Waals surface area (Å²) < 4.78 is 27.2. The lowest BCUT2D eigenvalue weighted by molar-refractivity contribution is -0.870. The molecule has 0 radical (unpaired) electrons. The highest BCUT2D eigenvalue weighted by molar-refractivity contribution is 7.47. The Morgan fingerprint density at radius 3 is 1.18 bits per heavy atom. The molecule has 0 aliphatic heterocycles. The Hall–Kier alpha value is -0.500. The fraction of sp³-hybridized carbons (Fsp3) is 0.976. The summed E-state index contributed by atoms with van der Waals surface area (Å²) in [5.74, 6) is -0.365. The van der Waals surface area contributed by atoms with Crippen molar-refractivity contribution in [1.29, 1.82) is 0 Å². The molecule has 2 N–H and O–H groups in total. The first kappa shape index (κ1) is 49.5. The number of quaternary nitrogens is 1. The Bertz CT molecular complexity index is 777. The number of phosphoric acid groups is 1. The van der Waals surface area contributed by atoms with E-state index >= 15 is 0 Å². The summed E-state index contributed by atoms with van der Waals surface area (Å²) in [4.78, 5) is 21.6. The number of rotatable bonds is 40. The van der Waals surface area contributed by atoms with Crippen molar-refractivity contribution in [2.45, 2.75) is 212 Å². The maximum atomic E-state index is 11.9. The Labute approximate surface area is 310 Å². The number of phosphoric ester groups is 1. The van der Waals surface area contributed by atoms with Gasteiger partial charge in [0.25, 0.3) is 0 Å². The first-order valence-corrected chi connectivity index (χ1v) is 22.8. The second-order valence-electron chi connectivity index (χ2n) is 16.0. The molecule has 0 aromatic rings. The van der Waals surface area contributed by atoms with Gasteiger partial charge in [0, 0.05) is 6.42 Å². The number of aliphatic hydroxyl groups excluding tert-OH is 1. The Morgan fingerprint density at radius 1 is 0.540 bits per heavy atom. The summed E-state index contributed by atoms with van der Waals surface area (Å²) in [6.45, 7) is 2.18. The van der Waals surface area contributed by atoms with E-state index in [2.05, 4.69) is 6.92 Å². The molecular weight excluding hydrogens is 649 g/mol. The number of hydrogen-bond acceptors (Lipinski definition) is 6. The van der Waals surface area contributed by atoms with Gasteiger partial charge in [0.2, 0.25) is 0 Å². The van der Waals surface area contributed by atoms with Crippen molar-refractivity contribution in [3.8, 4) is 0 Å². The van der Waals surface area contributed by atoms with Crippen molar-refractivity contribution in [2.24, 2.45) is 0 Å². The van der Waals surface area contributed by atoms with E-state index in [4.69, 9.17) is 13.8 Å². The summed E-state index contributed by atoms with van der Waals surface area (Å²) in [7, 11) is 1.57. The van der Waals surface area contributed by atoms with E-state index in [9.17, 15) is 19.4 Å². The van der Waals surface area contributed by atoms with E-state index < -0.39 is 20.5 Å². The number of carbonyl (C=O) groups excluding carboxylic acids is 1. The van der Waals surface area contributed by atoms with Gasteiger partial charge in [-0.15, -0.1) is 0 Å². The van der Waals surface area contributed by atoms with Gasteiger partial charge in [-0.3, -0.25) is 13.8 Å². The third-order valence-electron chi connectivity index (χ3n) is 9.62. The lowest BCUT2D eigenvalue weighted by Gasteiger charge is -2.24. The molecule has 50 heavy (non-hydrogen) atoms. The minimum atomic E-state index is -4.25. The lowest BCUT2D eigenvalue weighted by atomic mass is 10.0. The third kappa shape index (κ3) is 40.3. The van der Waals surface area contributed by atoms with Crippen molar-refractivity contribution in [1.82, 2.24) is 0 Å². The van der Waals surface area contributed by atoms with Gasteiger partial charge in [-0.25, -0.2) is 4.57 Å². The summed E-state index contributed by atoms with van der Waals surface area (Å²) in [6, 6.07) is 0. The highest BCUT2D eigenvalue weighted by Gasteiger charge is 2.24. The van der Waals surface area contributed by atoms with Crippen LogP contribution >= 0.6 is 7.82 Å². The molecule has 0 aromatic carbocycles. The zero-order valence-electron chi connectivity index (χ0n) is 33.7. The fourth-order valence-corrected chi connectivity index (χ4v) is 7.00. The Morgan fingerprint density at radius 2 is 0.860 bits per heavy atom. The fourth-order valence-electron chi connectivity index (χ4n) is 6.25. The highest BCUT2D eigenvalue weighted by atomic mass is 31.2. The smallest absolute Gasteiger partial charge is 0.463 e. The quantitative estimate of drug-likeness (QED) is 0.0280. The van der Waals surface area contributed by atoms with Crippen molar-refractivity contribution < 1.29 is 37.6 Å². The molecule has 2 atom stereocenters. The third-order valence-corrected chi connectivity index (χ3v) is 10.6. The van der Waals surface area contributed by atoms with Crippen molar-refractivity contribution >= 4 is 13.8 Å². The second-order valence-corrected chi connectivity index (χ2v) is 17.4. The molecule has 0 aliphatic rings. The molecule has 0 saturated heterocycles. The number of carbonyl (C=O) groups is 1. The molecule has 0 aliphatic carbocycles. The van der Waals surface area contributed by atoms with E-state index in [1.54, 1.807) is 0 Å². The summed E-state index contributed by atoms with van der Waals surface area (Å²) in [6.07, 6.45) is 40.1. The zero-order chi connectivity index (χ0) is 37.0. The largest absolute Gasteiger partial charge is 0.472 e. The van der Waals surface area contributed by atoms with Gasteiger partial charge in [0.15, 0.2) is 0 Å². The number of unbranched alkanes of at least 4 members (excludes halogenated alkanes) is 29.